The summed E-state index contributed by atoms with van der Waals surface area (Å²) in [5, 5.41) is 6.96. The topological polar surface area (TPSA) is 83.0 Å². The predicted molar refractivity (Wildman–Crippen MR) is 118 cm³/mol. The van der Waals surface area contributed by atoms with Gasteiger partial charge in [0.05, 0.1) is 17.1 Å². The minimum atomic E-state index is -0.212. The zero-order valence-electron chi connectivity index (χ0n) is 16.8. The Hall–Kier alpha value is -3.00. The zero-order chi connectivity index (χ0) is 20.4. The number of fused-ring (bicyclic) bond motifs is 1. The van der Waals surface area contributed by atoms with Gasteiger partial charge in [-0.1, -0.05) is 0 Å². The molecule has 0 saturated carbocycles. The number of urea groups is 1. The van der Waals surface area contributed by atoms with Gasteiger partial charge in [0.25, 0.3) is 0 Å². The van der Waals surface area contributed by atoms with Gasteiger partial charge in [0.15, 0.2) is 10.9 Å². The van der Waals surface area contributed by atoms with Crippen LogP contribution in [-0.2, 0) is 0 Å². The maximum atomic E-state index is 13.1. The number of anilines is 3. The van der Waals surface area contributed by atoms with Crippen LogP contribution < -0.4 is 15.5 Å². The Bertz CT molecular complexity index is 1030. The van der Waals surface area contributed by atoms with Crippen LogP contribution in [0.3, 0.4) is 0 Å². The van der Waals surface area contributed by atoms with Crippen LogP contribution >= 0.6 is 11.3 Å². The van der Waals surface area contributed by atoms with E-state index in [1.165, 1.54) is 11.3 Å². The Morgan fingerprint density at radius 1 is 1.17 bits per heavy atom. The number of carbonyl (C=O) groups excluding carboxylic acids is 1. The summed E-state index contributed by atoms with van der Waals surface area (Å²) in [4.78, 5) is 29.5. The number of aryl methyl sites for hydroxylation is 3. The van der Waals surface area contributed by atoms with Crippen LogP contribution in [0.4, 0.5) is 21.4 Å². The number of nitrogens with one attached hydrogen (secondary N) is 2. The Morgan fingerprint density at radius 3 is 2.79 bits per heavy atom. The number of thiazole rings is 1. The van der Waals surface area contributed by atoms with Gasteiger partial charge in [0.1, 0.15) is 0 Å². The van der Waals surface area contributed by atoms with Gasteiger partial charge >= 0.3 is 6.03 Å². The van der Waals surface area contributed by atoms with Gasteiger partial charge in [-0.2, -0.15) is 0 Å². The maximum absolute atomic E-state index is 13.1. The van der Waals surface area contributed by atoms with Gasteiger partial charge in [-0.3, -0.25) is 15.2 Å². The lowest BCUT2D eigenvalue weighted by Crippen LogP contribution is -2.38. The molecule has 2 N–H and O–H groups in total. The highest BCUT2D eigenvalue weighted by Crippen LogP contribution is 2.31. The first-order chi connectivity index (χ1) is 14.0. The van der Waals surface area contributed by atoms with Crippen LogP contribution in [0.15, 0.2) is 30.6 Å². The third-order valence-electron chi connectivity index (χ3n) is 4.91. The van der Waals surface area contributed by atoms with E-state index in [0.717, 1.165) is 52.5 Å². The molecule has 4 rings (SSSR count). The molecule has 150 valence electrons. The van der Waals surface area contributed by atoms with Crippen LogP contribution in [0, 0.1) is 20.8 Å². The van der Waals surface area contributed by atoms with Crippen LogP contribution in [0.1, 0.15) is 29.0 Å². The van der Waals surface area contributed by atoms with E-state index >= 15 is 0 Å². The number of pyridine rings is 2. The van der Waals surface area contributed by atoms with E-state index in [0.29, 0.717) is 17.5 Å². The summed E-state index contributed by atoms with van der Waals surface area (Å²) >= 11 is 1.48. The first-order valence-electron chi connectivity index (χ1n) is 9.71. The highest BCUT2D eigenvalue weighted by molar-refractivity contribution is 7.15. The Morgan fingerprint density at radius 2 is 2.03 bits per heavy atom. The summed E-state index contributed by atoms with van der Waals surface area (Å²) in [6, 6.07) is 5.79. The Kier molecular flexibility index (Phi) is 5.44. The van der Waals surface area contributed by atoms with Crippen LogP contribution in [0.2, 0.25) is 0 Å². The van der Waals surface area contributed by atoms with Gasteiger partial charge in [-0.25, -0.2) is 14.8 Å². The van der Waals surface area contributed by atoms with Crippen molar-refractivity contribution in [3.05, 3.63) is 46.7 Å². The Balaban J connectivity index is 1.69. The van der Waals surface area contributed by atoms with Crippen molar-refractivity contribution in [2.45, 2.75) is 33.6 Å². The predicted octanol–water partition coefficient (Wildman–Crippen LogP) is 4.77. The fraction of sp³-hybridized carbons (Fsp3) is 0.333. The summed E-state index contributed by atoms with van der Waals surface area (Å²) in [7, 11) is 0. The van der Waals surface area contributed by atoms with E-state index in [4.69, 9.17) is 4.98 Å². The zero-order valence-corrected chi connectivity index (χ0v) is 17.6. The van der Waals surface area contributed by atoms with E-state index < -0.39 is 0 Å². The summed E-state index contributed by atoms with van der Waals surface area (Å²) in [5.74, 6) is 0.631. The molecule has 0 bridgehead atoms. The van der Waals surface area contributed by atoms with Gasteiger partial charge in [0.2, 0.25) is 0 Å². The van der Waals surface area contributed by atoms with Crippen LogP contribution in [-0.4, -0.2) is 34.1 Å². The number of hydrogen-bond acceptors (Lipinski definition) is 6. The fourth-order valence-corrected chi connectivity index (χ4v) is 4.06. The molecule has 0 atom stereocenters. The molecule has 0 saturated heterocycles. The number of hydrogen-bond donors (Lipinski definition) is 2. The van der Waals surface area contributed by atoms with Crippen LogP contribution in [0.25, 0.3) is 11.3 Å². The molecule has 1 aliphatic heterocycles. The average Bonchev–Trinajstić information content (AvgIpc) is 2.99. The van der Waals surface area contributed by atoms with Crippen molar-refractivity contribution in [2.24, 2.45) is 0 Å². The quantitative estimate of drug-likeness (QED) is 0.638. The molecule has 8 heteroatoms. The van der Waals surface area contributed by atoms with Crippen molar-refractivity contribution in [3.63, 3.8) is 0 Å². The SMILES string of the molecule is Cc1cncc(-c2ccc3c(n2)N(C(=O)Nc2nc(C)c(C)s2)CCCCN3)c1. The molecule has 29 heavy (non-hydrogen) atoms. The second-order valence-electron chi connectivity index (χ2n) is 7.19. The normalized spacial score (nSPS) is 13.8. The lowest BCUT2D eigenvalue weighted by Gasteiger charge is -2.27. The molecule has 0 unspecified atom stereocenters. The first kappa shape index (κ1) is 19.3. The number of carbonyl (C=O) groups is 1. The molecule has 0 aromatic carbocycles. The summed E-state index contributed by atoms with van der Waals surface area (Å²) in [5.41, 5.74) is 4.59. The van der Waals surface area contributed by atoms with E-state index in [2.05, 4.69) is 20.6 Å². The van der Waals surface area contributed by atoms with Gasteiger partial charge in [-0.15, -0.1) is 11.3 Å². The molecule has 1 aliphatic rings. The molecule has 0 radical (unpaired) electrons. The smallest absolute Gasteiger partial charge is 0.329 e. The van der Waals surface area contributed by atoms with Crippen LogP contribution in [0.5, 0.6) is 0 Å². The van der Waals surface area contributed by atoms with Gasteiger partial charge < -0.3 is 5.32 Å². The van der Waals surface area contributed by atoms with E-state index in [1.54, 1.807) is 11.1 Å². The number of rotatable bonds is 2. The molecule has 0 aliphatic carbocycles. The van der Waals surface area contributed by atoms with Crippen molar-refractivity contribution in [3.8, 4) is 11.3 Å². The minimum absolute atomic E-state index is 0.212. The van der Waals surface area contributed by atoms with Crippen molar-refractivity contribution in [2.75, 3.05) is 28.6 Å². The van der Waals surface area contributed by atoms with Crippen molar-refractivity contribution in [1.29, 1.82) is 0 Å². The number of amides is 2. The molecule has 2 amide bonds. The summed E-state index contributed by atoms with van der Waals surface area (Å²) < 4.78 is 0. The maximum Gasteiger partial charge on any atom is 0.329 e. The van der Waals surface area contributed by atoms with Gasteiger partial charge in [-0.05, 0) is 57.4 Å². The number of aromatic nitrogens is 3. The molecule has 3 aromatic heterocycles. The molecular weight excluding hydrogens is 384 g/mol. The summed E-state index contributed by atoms with van der Waals surface area (Å²) in [6.45, 7) is 7.42. The van der Waals surface area contributed by atoms with Gasteiger partial charge in [0, 0.05) is 35.9 Å². The monoisotopic (exact) mass is 408 g/mol. The molecule has 0 spiro atoms. The fourth-order valence-electron chi connectivity index (χ4n) is 3.25. The highest BCUT2D eigenvalue weighted by Gasteiger charge is 2.23. The molecule has 7 nitrogen and oxygen atoms in total. The summed E-state index contributed by atoms with van der Waals surface area (Å²) in [6.07, 6.45) is 5.50. The van der Waals surface area contributed by atoms with Crippen molar-refractivity contribution in [1.82, 2.24) is 15.0 Å². The first-order valence-corrected chi connectivity index (χ1v) is 10.5. The average molecular weight is 409 g/mol. The highest BCUT2D eigenvalue weighted by atomic mass is 32.1. The van der Waals surface area contributed by atoms with Crippen molar-refractivity contribution < 1.29 is 4.79 Å². The molecular formula is C21H24N6OS. The van der Waals surface area contributed by atoms with Crippen molar-refractivity contribution >= 4 is 34.0 Å². The molecule has 4 heterocycles. The largest absolute Gasteiger partial charge is 0.382 e. The number of nitrogens with zero attached hydrogens (tertiary/aromatic N) is 4. The second kappa shape index (κ2) is 8.16. The van der Waals surface area contributed by atoms with E-state index in [-0.39, 0.29) is 6.03 Å². The molecule has 3 aromatic rings. The molecule has 0 fully saturated rings. The van der Waals surface area contributed by atoms with E-state index in [9.17, 15) is 4.79 Å². The third-order valence-corrected chi connectivity index (χ3v) is 5.90. The Labute approximate surface area is 174 Å². The lowest BCUT2D eigenvalue weighted by atomic mass is 10.1. The standard InChI is InChI=1S/C21H24N6OS/c1-13-10-16(12-22-11-13)17-6-7-18-19(25-17)27(9-5-4-8-23-18)21(28)26-20-24-14(2)15(3)29-20/h6-7,10-12,23H,4-5,8-9H2,1-3H3,(H,24,26,28). The second-order valence-corrected chi connectivity index (χ2v) is 8.40. The lowest BCUT2D eigenvalue weighted by molar-refractivity contribution is 0.256. The minimum Gasteiger partial charge on any atom is -0.382 e. The van der Waals surface area contributed by atoms with E-state index in [1.807, 2.05) is 45.2 Å². The third kappa shape index (κ3) is 4.22.